The van der Waals surface area contributed by atoms with Gasteiger partial charge in [0.1, 0.15) is 0 Å². The number of carbonyl (C=O) groups is 1. The van der Waals surface area contributed by atoms with Gasteiger partial charge in [0.25, 0.3) is 5.91 Å². The van der Waals surface area contributed by atoms with E-state index < -0.39 is 0 Å². The summed E-state index contributed by atoms with van der Waals surface area (Å²) in [4.78, 5) is 17.1. The summed E-state index contributed by atoms with van der Waals surface area (Å²) in [6.45, 7) is 8.93. The maximum Gasteiger partial charge on any atom is 0.263 e. The predicted molar refractivity (Wildman–Crippen MR) is 89.0 cm³/mol. The second-order valence-corrected chi connectivity index (χ2v) is 8.85. The number of carbonyl (C=O) groups excluding carboxylic acids is 1. The molecule has 1 saturated heterocycles. The number of piperidine rings is 1. The topological polar surface area (TPSA) is 20.3 Å². The lowest BCUT2D eigenvalue weighted by Gasteiger charge is -2.33. The Morgan fingerprint density at radius 1 is 1.24 bits per heavy atom. The summed E-state index contributed by atoms with van der Waals surface area (Å²) in [6.07, 6.45) is 7.20. The molecule has 0 bridgehead atoms. The highest BCUT2D eigenvalue weighted by Gasteiger charge is 2.31. The fourth-order valence-corrected chi connectivity index (χ4v) is 4.80. The quantitative estimate of drug-likeness (QED) is 0.746. The Bertz CT molecular complexity index is 520. The lowest BCUT2D eigenvalue weighted by molar-refractivity contribution is 0.0729. The zero-order valence-electron chi connectivity index (χ0n) is 13.6. The van der Waals surface area contributed by atoms with E-state index in [1.165, 1.54) is 36.1 Å². The van der Waals surface area contributed by atoms with E-state index in [1.807, 2.05) is 0 Å². The van der Waals surface area contributed by atoms with Crippen molar-refractivity contribution in [3.8, 4) is 0 Å². The zero-order chi connectivity index (χ0) is 15.0. The molecule has 3 heteroatoms. The molecule has 1 aliphatic heterocycles. The van der Waals surface area contributed by atoms with Crippen LogP contribution in [0.5, 0.6) is 0 Å². The van der Waals surface area contributed by atoms with Gasteiger partial charge in [0.15, 0.2) is 0 Å². The minimum atomic E-state index is 0.279. The molecule has 116 valence electrons. The van der Waals surface area contributed by atoms with Crippen molar-refractivity contribution in [1.82, 2.24) is 4.90 Å². The van der Waals surface area contributed by atoms with Crippen molar-refractivity contribution >= 4 is 17.2 Å². The van der Waals surface area contributed by atoms with Crippen LogP contribution in [-0.2, 0) is 12.8 Å². The van der Waals surface area contributed by atoms with Crippen molar-refractivity contribution in [2.75, 3.05) is 13.1 Å². The first-order chi connectivity index (χ1) is 9.95. The third-order valence-electron chi connectivity index (χ3n) is 5.16. The average Bonchev–Trinajstić information content (AvgIpc) is 2.89. The molecule has 1 fully saturated rings. The van der Waals surface area contributed by atoms with Gasteiger partial charge in [-0.25, -0.2) is 0 Å². The molecule has 21 heavy (non-hydrogen) atoms. The molecule has 3 rings (SSSR count). The smallest absolute Gasteiger partial charge is 0.263 e. The number of thiophene rings is 1. The van der Waals surface area contributed by atoms with Crippen LogP contribution in [0.4, 0.5) is 0 Å². The second-order valence-electron chi connectivity index (χ2n) is 7.72. The molecular weight excluding hydrogens is 278 g/mol. The number of rotatable bonds is 1. The molecular formula is C18H27NOS. The molecule has 1 unspecified atom stereocenters. The summed E-state index contributed by atoms with van der Waals surface area (Å²) in [5, 5.41) is 0. The van der Waals surface area contributed by atoms with Crippen LogP contribution >= 0.6 is 11.3 Å². The first kappa shape index (κ1) is 15.1. The van der Waals surface area contributed by atoms with Crippen molar-refractivity contribution in [2.45, 2.75) is 59.3 Å². The Kier molecular flexibility index (Phi) is 4.13. The van der Waals surface area contributed by atoms with Gasteiger partial charge in [0.2, 0.25) is 0 Å². The van der Waals surface area contributed by atoms with Gasteiger partial charge in [-0.1, -0.05) is 20.8 Å². The Labute approximate surface area is 132 Å². The standard InChI is InChI=1S/C18H27NOS/c1-18(2,3)14-7-8-15-13(11-14)12-16(21-15)17(20)19-9-5-4-6-10-19/h12,14H,4-11H2,1-3H3. The number of hydrogen-bond donors (Lipinski definition) is 0. The monoisotopic (exact) mass is 305 g/mol. The largest absolute Gasteiger partial charge is 0.338 e. The number of hydrogen-bond acceptors (Lipinski definition) is 2. The van der Waals surface area contributed by atoms with Crippen LogP contribution in [0.15, 0.2) is 6.07 Å². The first-order valence-corrected chi connectivity index (χ1v) is 9.17. The summed E-state index contributed by atoms with van der Waals surface area (Å²) in [5.41, 5.74) is 1.82. The molecule has 0 N–H and O–H groups in total. The van der Waals surface area contributed by atoms with Crippen LogP contribution in [-0.4, -0.2) is 23.9 Å². The third-order valence-corrected chi connectivity index (χ3v) is 6.39. The van der Waals surface area contributed by atoms with Crippen molar-refractivity contribution in [1.29, 1.82) is 0 Å². The van der Waals surface area contributed by atoms with E-state index in [4.69, 9.17) is 0 Å². The molecule has 2 aliphatic rings. The lowest BCUT2D eigenvalue weighted by Crippen LogP contribution is -2.35. The van der Waals surface area contributed by atoms with Crippen molar-refractivity contribution in [3.05, 3.63) is 21.4 Å². The Hall–Kier alpha value is -0.830. The number of aryl methyl sites for hydroxylation is 1. The van der Waals surface area contributed by atoms with Gasteiger partial charge < -0.3 is 4.90 Å². The van der Waals surface area contributed by atoms with Crippen LogP contribution in [0.3, 0.4) is 0 Å². The summed E-state index contributed by atoms with van der Waals surface area (Å²) >= 11 is 1.76. The van der Waals surface area contributed by atoms with Crippen LogP contribution in [0.2, 0.25) is 0 Å². The van der Waals surface area contributed by atoms with Gasteiger partial charge in [-0.15, -0.1) is 11.3 Å². The summed E-state index contributed by atoms with van der Waals surface area (Å²) in [6, 6.07) is 2.20. The van der Waals surface area contributed by atoms with Gasteiger partial charge in [0.05, 0.1) is 4.88 Å². The third kappa shape index (κ3) is 3.18. The van der Waals surface area contributed by atoms with E-state index in [9.17, 15) is 4.79 Å². The normalized spacial score (nSPS) is 23.0. The van der Waals surface area contributed by atoms with Crippen molar-refractivity contribution in [2.24, 2.45) is 11.3 Å². The number of likely N-dealkylation sites (tertiary alicyclic amines) is 1. The molecule has 0 saturated carbocycles. The Balaban J connectivity index is 1.75. The van der Waals surface area contributed by atoms with Crippen molar-refractivity contribution in [3.63, 3.8) is 0 Å². The number of amides is 1. The van der Waals surface area contributed by atoms with Crippen molar-refractivity contribution < 1.29 is 4.79 Å². The Morgan fingerprint density at radius 3 is 2.62 bits per heavy atom. The predicted octanol–water partition coefficient (Wildman–Crippen LogP) is 4.53. The van der Waals surface area contributed by atoms with Gasteiger partial charge in [-0.3, -0.25) is 4.79 Å². The highest BCUT2D eigenvalue weighted by atomic mass is 32.1. The minimum Gasteiger partial charge on any atom is -0.338 e. The maximum atomic E-state index is 12.6. The average molecular weight is 305 g/mol. The first-order valence-electron chi connectivity index (χ1n) is 8.36. The lowest BCUT2D eigenvalue weighted by atomic mass is 9.72. The summed E-state index contributed by atoms with van der Waals surface area (Å²) in [7, 11) is 0. The molecule has 2 nitrogen and oxygen atoms in total. The van der Waals surface area contributed by atoms with Crippen LogP contribution in [0, 0.1) is 11.3 Å². The van der Waals surface area contributed by atoms with Crippen LogP contribution in [0.25, 0.3) is 0 Å². The summed E-state index contributed by atoms with van der Waals surface area (Å²) < 4.78 is 0. The van der Waals surface area contributed by atoms with E-state index >= 15 is 0 Å². The SMILES string of the molecule is CC(C)(C)C1CCc2sc(C(=O)N3CCCCC3)cc2C1. The Morgan fingerprint density at radius 2 is 1.95 bits per heavy atom. The maximum absolute atomic E-state index is 12.6. The summed E-state index contributed by atoms with van der Waals surface area (Å²) in [5.74, 6) is 1.03. The number of nitrogens with zero attached hydrogens (tertiary/aromatic N) is 1. The van der Waals surface area contributed by atoms with E-state index in [1.54, 1.807) is 11.3 Å². The van der Waals surface area contributed by atoms with E-state index in [0.717, 1.165) is 36.7 Å². The van der Waals surface area contributed by atoms with Gasteiger partial charge >= 0.3 is 0 Å². The molecule has 1 atom stereocenters. The molecule has 0 aromatic carbocycles. The molecule has 1 aromatic heterocycles. The van der Waals surface area contributed by atoms with E-state index in [0.29, 0.717) is 5.41 Å². The van der Waals surface area contributed by atoms with Gasteiger partial charge in [-0.05, 0) is 61.5 Å². The minimum absolute atomic E-state index is 0.279. The molecule has 1 aliphatic carbocycles. The van der Waals surface area contributed by atoms with E-state index in [-0.39, 0.29) is 5.91 Å². The molecule has 1 amide bonds. The molecule has 1 aromatic rings. The molecule has 0 spiro atoms. The van der Waals surface area contributed by atoms with Gasteiger partial charge in [0, 0.05) is 18.0 Å². The fourth-order valence-electron chi connectivity index (χ4n) is 3.62. The van der Waals surface area contributed by atoms with Crippen LogP contribution < -0.4 is 0 Å². The number of fused-ring (bicyclic) bond motifs is 1. The van der Waals surface area contributed by atoms with Gasteiger partial charge in [-0.2, -0.15) is 0 Å². The second kappa shape index (κ2) is 5.75. The highest BCUT2D eigenvalue weighted by molar-refractivity contribution is 7.14. The zero-order valence-corrected chi connectivity index (χ0v) is 14.4. The van der Waals surface area contributed by atoms with Crippen LogP contribution in [0.1, 0.15) is 66.6 Å². The molecule has 2 heterocycles. The highest BCUT2D eigenvalue weighted by Crippen LogP contribution is 2.40. The van der Waals surface area contributed by atoms with E-state index in [2.05, 4.69) is 31.7 Å². The molecule has 0 radical (unpaired) electrons. The fraction of sp³-hybridized carbons (Fsp3) is 0.722.